The van der Waals surface area contributed by atoms with Gasteiger partial charge in [0.25, 0.3) is 0 Å². The fourth-order valence-electron chi connectivity index (χ4n) is 4.48. The van der Waals surface area contributed by atoms with Crippen molar-refractivity contribution in [3.63, 3.8) is 0 Å². The number of nitrogens with two attached hydrogens (primary N) is 1. The maximum absolute atomic E-state index is 8.86. The van der Waals surface area contributed by atoms with Gasteiger partial charge in [0.2, 0.25) is 0 Å². The molecule has 6 nitrogen and oxygen atoms in total. The molecule has 0 amide bonds. The van der Waals surface area contributed by atoms with Crippen LogP contribution in [0, 0.1) is 11.8 Å². The molecular formula is C21H33BN2O4. The molecule has 154 valence electrons. The zero-order valence-electron chi connectivity index (χ0n) is 16.6. The molecule has 2 atom stereocenters. The molecule has 1 aromatic carbocycles. The van der Waals surface area contributed by atoms with Gasteiger partial charge in [-0.3, -0.25) is 0 Å². The minimum atomic E-state index is -1.16. The molecule has 1 aliphatic heterocycles. The van der Waals surface area contributed by atoms with Crippen molar-refractivity contribution < 1.29 is 19.6 Å². The zero-order valence-corrected chi connectivity index (χ0v) is 16.6. The van der Waals surface area contributed by atoms with Gasteiger partial charge in [-0.25, -0.2) is 0 Å². The molecule has 1 aliphatic carbocycles. The van der Waals surface area contributed by atoms with Gasteiger partial charge in [0.1, 0.15) is 0 Å². The van der Waals surface area contributed by atoms with Crippen molar-refractivity contribution in [2.24, 2.45) is 17.6 Å². The second-order valence-electron chi connectivity index (χ2n) is 8.24. The lowest BCUT2D eigenvalue weighted by Crippen LogP contribution is -2.40. The minimum absolute atomic E-state index is 0.250. The lowest BCUT2D eigenvalue weighted by atomic mass is 9.68. The molecule has 0 bridgehead atoms. The van der Waals surface area contributed by atoms with Crippen molar-refractivity contribution in [3.05, 3.63) is 35.4 Å². The van der Waals surface area contributed by atoms with Crippen LogP contribution in [0.1, 0.15) is 56.1 Å². The van der Waals surface area contributed by atoms with Gasteiger partial charge in [0, 0.05) is 18.6 Å². The maximum atomic E-state index is 8.86. The number of hydrogen-bond donors (Lipinski definition) is 4. The normalized spacial score (nSPS) is 24.0. The van der Waals surface area contributed by atoms with Gasteiger partial charge in [-0.2, -0.15) is 9.59 Å². The topological polar surface area (TPSA) is 113 Å². The van der Waals surface area contributed by atoms with Gasteiger partial charge in [-0.1, -0.05) is 37.1 Å². The monoisotopic (exact) mass is 388 g/mol. The van der Waals surface area contributed by atoms with E-state index in [1.54, 1.807) is 0 Å². The van der Waals surface area contributed by atoms with E-state index < -0.39 is 7.12 Å². The highest BCUT2D eigenvalue weighted by atomic mass is 16.4. The number of nitrogens with one attached hydrogen (secondary N) is 1. The number of rotatable bonds is 9. The minimum Gasteiger partial charge on any atom is -0.427 e. The van der Waals surface area contributed by atoms with E-state index in [1.165, 1.54) is 43.2 Å². The van der Waals surface area contributed by atoms with Crippen LogP contribution in [0.25, 0.3) is 0 Å². The molecule has 2 unspecified atom stereocenters. The van der Waals surface area contributed by atoms with Crippen molar-refractivity contribution in [2.75, 3.05) is 0 Å². The summed E-state index contributed by atoms with van der Waals surface area (Å²) in [7, 11) is -1.16. The Kier molecular flexibility index (Phi) is 9.89. The van der Waals surface area contributed by atoms with Gasteiger partial charge in [0.15, 0.2) is 0 Å². The third-order valence-electron chi connectivity index (χ3n) is 6.22. The molecule has 3 rings (SSSR count). The van der Waals surface area contributed by atoms with E-state index in [4.69, 9.17) is 25.4 Å². The number of benzene rings is 1. The fraction of sp³-hybridized carbons (Fsp3) is 0.667. The van der Waals surface area contributed by atoms with Crippen LogP contribution in [-0.2, 0) is 22.6 Å². The van der Waals surface area contributed by atoms with Crippen molar-refractivity contribution in [2.45, 2.75) is 76.3 Å². The highest BCUT2D eigenvalue weighted by molar-refractivity contribution is 6.40. The van der Waals surface area contributed by atoms with Crippen LogP contribution >= 0.6 is 0 Å². The number of unbranched alkanes of at least 4 members (excludes halogenated alkanes) is 1. The Balaban J connectivity index is 0.000000878. The average Bonchev–Trinajstić information content (AvgIpc) is 2.64. The van der Waals surface area contributed by atoms with Crippen LogP contribution in [-0.4, -0.2) is 35.4 Å². The second-order valence-corrected chi connectivity index (χ2v) is 8.24. The van der Waals surface area contributed by atoms with Crippen molar-refractivity contribution in [3.8, 4) is 0 Å². The van der Waals surface area contributed by atoms with Gasteiger partial charge >= 0.3 is 13.3 Å². The van der Waals surface area contributed by atoms with E-state index >= 15 is 0 Å². The summed E-state index contributed by atoms with van der Waals surface area (Å²) < 4.78 is 0. The third kappa shape index (κ3) is 7.49. The molecular weight excluding hydrogens is 355 g/mol. The summed E-state index contributed by atoms with van der Waals surface area (Å²) >= 11 is 0. The molecule has 1 heterocycles. The van der Waals surface area contributed by atoms with Crippen LogP contribution in [0.3, 0.4) is 0 Å². The van der Waals surface area contributed by atoms with Crippen molar-refractivity contribution >= 4 is 13.3 Å². The largest absolute Gasteiger partial charge is 0.451 e. The predicted molar refractivity (Wildman–Crippen MR) is 108 cm³/mol. The van der Waals surface area contributed by atoms with Gasteiger partial charge in [0.05, 0.1) is 0 Å². The maximum Gasteiger partial charge on any atom is 0.451 e. The third-order valence-corrected chi connectivity index (χ3v) is 6.22. The molecule has 0 saturated heterocycles. The Morgan fingerprint density at radius 2 is 1.82 bits per heavy atom. The second kappa shape index (κ2) is 12.1. The average molecular weight is 388 g/mol. The highest BCUT2D eigenvalue weighted by Gasteiger charge is 2.33. The standard InChI is InChI=1S/C20H33BN2O2.CO2/c22-20(7-3-4-10-21(24)25)18-11-15(12-18)8-9-19-13-16-5-1-2-6-17(16)14-23-19;2-1-3/h1-2,5-6,15,18-20,23-25H,3-4,7-14,22H2;. The van der Waals surface area contributed by atoms with Crippen molar-refractivity contribution in [1.29, 1.82) is 0 Å². The molecule has 5 N–H and O–H groups in total. The van der Waals surface area contributed by atoms with E-state index in [0.717, 1.165) is 31.7 Å². The molecule has 28 heavy (non-hydrogen) atoms. The van der Waals surface area contributed by atoms with Crippen LogP contribution < -0.4 is 11.1 Å². The van der Waals surface area contributed by atoms with E-state index in [0.29, 0.717) is 24.3 Å². The molecule has 1 aromatic rings. The van der Waals surface area contributed by atoms with Crippen LogP contribution in [0.2, 0.25) is 6.32 Å². The Morgan fingerprint density at radius 1 is 1.14 bits per heavy atom. The summed E-state index contributed by atoms with van der Waals surface area (Å²) in [5, 5.41) is 21.4. The number of carbonyl (C=O) groups excluding carboxylic acids is 2. The Bertz CT molecular complexity index is 616. The first-order valence-corrected chi connectivity index (χ1v) is 10.4. The molecule has 2 aliphatic rings. The predicted octanol–water partition coefficient (Wildman–Crippen LogP) is 1.89. The Morgan fingerprint density at radius 3 is 2.50 bits per heavy atom. The number of fused-ring (bicyclic) bond motifs is 1. The summed E-state index contributed by atoms with van der Waals surface area (Å²) in [5.41, 5.74) is 9.29. The highest BCUT2D eigenvalue weighted by Crippen LogP contribution is 2.40. The lowest BCUT2D eigenvalue weighted by Gasteiger charge is -2.40. The molecule has 1 fully saturated rings. The van der Waals surface area contributed by atoms with Gasteiger partial charge in [-0.15, -0.1) is 0 Å². The van der Waals surface area contributed by atoms with E-state index in [1.807, 2.05) is 0 Å². The number of hydrogen-bond acceptors (Lipinski definition) is 6. The molecule has 0 aromatic heterocycles. The smallest absolute Gasteiger partial charge is 0.427 e. The first-order chi connectivity index (χ1) is 13.5. The molecule has 1 saturated carbocycles. The lowest BCUT2D eigenvalue weighted by molar-refractivity contribution is -0.191. The van der Waals surface area contributed by atoms with Crippen LogP contribution in [0.15, 0.2) is 24.3 Å². The van der Waals surface area contributed by atoms with E-state index in [2.05, 4.69) is 29.6 Å². The summed E-state index contributed by atoms with van der Waals surface area (Å²) in [4.78, 5) is 16.2. The SMILES string of the molecule is NC(CCCCB(O)O)C1CC(CCC2Cc3ccccc3CN2)C1.O=C=O. The van der Waals surface area contributed by atoms with E-state index in [9.17, 15) is 0 Å². The summed E-state index contributed by atoms with van der Waals surface area (Å²) in [5.74, 6) is 1.54. The zero-order chi connectivity index (χ0) is 20.4. The summed E-state index contributed by atoms with van der Waals surface area (Å²) in [6.45, 7) is 1.02. The fourth-order valence-corrected chi connectivity index (χ4v) is 4.48. The molecule has 0 radical (unpaired) electrons. The Labute approximate surface area is 168 Å². The van der Waals surface area contributed by atoms with E-state index in [-0.39, 0.29) is 6.15 Å². The first-order valence-electron chi connectivity index (χ1n) is 10.4. The first kappa shape index (κ1) is 22.8. The van der Waals surface area contributed by atoms with Crippen LogP contribution in [0.5, 0.6) is 0 Å². The van der Waals surface area contributed by atoms with Crippen LogP contribution in [0.4, 0.5) is 0 Å². The Hall–Kier alpha value is -1.50. The molecule has 7 heteroatoms. The molecule has 0 spiro atoms. The summed E-state index contributed by atoms with van der Waals surface area (Å²) in [6.07, 6.45) is 9.93. The van der Waals surface area contributed by atoms with Crippen molar-refractivity contribution in [1.82, 2.24) is 5.32 Å². The van der Waals surface area contributed by atoms with Gasteiger partial charge < -0.3 is 21.1 Å². The van der Waals surface area contributed by atoms with Gasteiger partial charge in [-0.05, 0) is 67.8 Å². The summed E-state index contributed by atoms with van der Waals surface area (Å²) in [6, 6.07) is 9.72. The quantitative estimate of drug-likeness (QED) is 0.380.